The fraction of sp³-hybridized carbons (Fsp3) is 0.448. The van der Waals surface area contributed by atoms with Gasteiger partial charge in [-0.3, -0.25) is 25.7 Å². The van der Waals surface area contributed by atoms with Crippen LogP contribution in [0.2, 0.25) is 0 Å². The van der Waals surface area contributed by atoms with E-state index in [1.807, 2.05) is 47.0 Å². The minimum atomic E-state index is -0.646. The summed E-state index contributed by atoms with van der Waals surface area (Å²) in [6.45, 7) is 13.6. The molecule has 0 radical (unpaired) electrons. The van der Waals surface area contributed by atoms with E-state index in [0.29, 0.717) is 28.8 Å². The molecule has 1 unspecified atom stereocenters. The maximum atomic E-state index is 13.0. The number of allylic oxidation sites excluding steroid dienone is 1. The number of aliphatic hydroxyl groups excluding tert-OH is 2. The molecule has 0 aliphatic rings. The van der Waals surface area contributed by atoms with Gasteiger partial charge >= 0.3 is 0 Å². The predicted molar refractivity (Wildman–Crippen MR) is 163 cm³/mol. The van der Waals surface area contributed by atoms with Crippen LogP contribution in [0, 0.1) is 18.3 Å². The number of amides is 1. The van der Waals surface area contributed by atoms with Gasteiger partial charge in [-0.1, -0.05) is 26.8 Å². The first kappa shape index (κ1) is 37.3. The molecule has 0 aliphatic heterocycles. The van der Waals surface area contributed by atoms with Crippen molar-refractivity contribution in [3.8, 4) is 5.75 Å². The largest absolute Gasteiger partial charge is 0.505 e. The van der Waals surface area contributed by atoms with Crippen LogP contribution in [0.3, 0.4) is 0 Å². The molecule has 0 saturated heterocycles. The summed E-state index contributed by atoms with van der Waals surface area (Å²) in [5.74, 6) is -0.459. The Bertz CT molecular complexity index is 1140. The minimum Gasteiger partial charge on any atom is -0.505 e. The van der Waals surface area contributed by atoms with Crippen molar-refractivity contribution in [3.05, 3.63) is 57.5 Å². The Balaban J connectivity index is 0.00000177. The zero-order valence-corrected chi connectivity index (χ0v) is 25.6. The van der Waals surface area contributed by atoms with Gasteiger partial charge in [-0.05, 0) is 81.7 Å². The highest BCUT2D eigenvalue weighted by atomic mass is 32.1. The molecule has 1 aromatic heterocycles. The molecule has 0 bridgehead atoms. The molecule has 0 aliphatic carbocycles. The number of rotatable bonds is 11. The van der Waals surface area contributed by atoms with Crippen molar-refractivity contribution in [3.63, 3.8) is 0 Å². The van der Waals surface area contributed by atoms with Gasteiger partial charge in [0.05, 0.1) is 22.8 Å². The van der Waals surface area contributed by atoms with E-state index >= 15 is 0 Å². The normalized spacial score (nSPS) is 12.2. The van der Waals surface area contributed by atoms with Gasteiger partial charge < -0.3 is 25.4 Å². The Morgan fingerprint density at radius 2 is 1.80 bits per heavy atom. The summed E-state index contributed by atoms with van der Waals surface area (Å²) >= 11 is 1.26. The molecule has 1 amide bonds. The third kappa shape index (κ3) is 14.5. The van der Waals surface area contributed by atoms with Gasteiger partial charge in [0.15, 0.2) is 11.6 Å². The average Bonchev–Trinajstić information content (AvgIpc) is 3.44. The van der Waals surface area contributed by atoms with E-state index in [-0.39, 0.29) is 35.8 Å². The molecule has 2 rings (SSSR count). The van der Waals surface area contributed by atoms with Crippen LogP contribution in [0.15, 0.2) is 52.0 Å². The van der Waals surface area contributed by atoms with E-state index in [2.05, 4.69) is 10.3 Å². The first-order valence-electron chi connectivity index (χ1n) is 13.2. The van der Waals surface area contributed by atoms with Crippen molar-refractivity contribution in [2.75, 3.05) is 6.54 Å². The summed E-state index contributed by atoms with van der Waals surface area (Å²) in [7, 11) is 0. The second-order valence-corrected chi connectivity index (χ2v) is 10.5. The maximum absolute atomic E-state index is 13.0. The Morgan fingerprint density at radius 1 is 1.20 bits per heavy atom. The van der Waals surface area contributed by atoms with Crippen molar-refractivity contribution in [1.82, 2.24) is 10.8 Å². The number of benzene rings is 1. The number of carbonyl (C=O) groups is 2. The highest BCUT2D eigenvalue weighted by Crippen LogP contribution is 2.26. The molecule has 1 heterocycles. The molecule has 11 nitrogen and oxygen atoms in total. The standard InChI is InChI=1S/C24H32N4O4S.C4H10O.CH2O2/c1-14(2)10-11-26-24(30)20(22(29)21(25)19-7-6-12-33-19)23(28-31)27-18-9-8-17(13-16(18)5)32-15(3)4;1-3-4(2)5;2-1-3/h6-9,12-15,25,29,31H,10-11H2,1-5H3,(H,26,30)(H,27,28);4-5H,3H2,1-2H3;1H,(H,2,3)/b22-20+,25-21?;;. The van der Waals surface area contributed by atoms with Crippen LogP contribution < -0.4 is 15.5 Å². The number of nitrogens with one attached hydrogen (secondary N) is 3. The molecule has 228 valence electrons. The van der Waals surface area contributed by atoms with E-state index in [0.717, 1.165) is 18.4 Å². The van der Waals surface area contributed by atoms with Gasteiger partial charge in [0, 0.05) is 6.54 Å². The minimum absolute atomic E-state index is 0.0118. The van der Waals surface area contributed by atoms with E-state index in [9.17, 15) is 15.1 Å². The second-order valence-electron chi connectivity index (χ2n) is 9.56. The lowest BCUT2D eigenvalue weighted by Gasteiger charge is -2.15. The third-order valence-electron chi connectivity index (χ3n) is 5.18. The summed E-state index contributed by atoms with van der Waals surface area (Å²) in [5.41, 5.74) is 2.59. The van der Waals surface area contributed by atoms with Crippen LogP contribution in [0.25, 0.3) is 0 Å². The van der Waals surface area contributed by atoms with E-state index < -0.39 is 11.7 Å². The first-order valence-corrected chi connectivity index (χ1v) is 14.1. The number of hydroxylamine groups is 1. The lowest BCUT2D eigenvalue weighted by atomic mass is 10.1. The highest BCUT2D eigenvalue weighted by molar-refractivity contribution is 7.12. The van der Waals surface area contributed by atoms with E-state index in [4.69, 9.17) is 25.2 Å². The Kier molecular flexibility index (Phi) is 18.3. The highest BCUT2D eigenvalue weighted by Gasteiger charge is 2.25. The van der Waals surface area contributed by atoms with E-state index in [1.165, 1.54) is 11.3 Å². The number of ether oxygens (including phenoxy) is 1. The Morgan fingerprint density at radius 3 is 2.24 bits per heavy atom. The van der Waals surface area contributed by atoms with Gasteiger partial charge in [0.25, 0.3) is 12.4 Å². The van der Waals surface area contributed by atoms with Gasteiger partial charge in [0.2, 0.25) is 0 Å². The van der Waals surface area contributed by atoms with Crippen molar-refractivity contribution < 1.29 is 34.9 Å². The number of aliphatic hydroxyl groups is 2. The lowest BCUT2D eigenvalue weighted by molar-refractivity contribution is -0.123. The molecule has 7 N–H and O–H groups in total. The van der Waals surface area contributed by atoms with Crippen LogP contribution in [0.4, 0.5) is 5.69 Å². The Hall–Kier alpha value is -3.74. The number of hydrogen-bond acceptors (Lipinski definition) is 9. The molecule has 41 heavy (non-hydrogen) atoms. The Labute approximate surface area is 246 Å². The van der Waals surface area contributed by atoms with Crippen LogP contribution in [-0.4, -0.2) is 63.2 Å². The summed E-state index contributed by atoms with van der Waals surface area (Å²) in [4.78, 5) is 26.2. The molecular formula is C29H44N4O7S. The number of aliphatic imine (C=N–C) groups is 1. The molecule has 0 fully saturated rings. The average molecular weight is 593 g/mol. The fourth-order valence-electron chi connectivity index (χ4n) is 2.91. The number of aryl methyl sites for hydroxylation is 1. The third-order valence-corrected chi connectivity index (χ3v) is 6.07. The van der Waals surface area contributed by atoms with Gasteiger partial charge in [0.1, 0.15) is 17.0 Å². The van der Waals surface area contributed by atoms with Crippen LogP contribution in [-0.2, 0) is 9.59 Å². The molecule has 2 aromatic rings. The van der Waals surface area contributed by atoms with Crippen molar-refractivity contribution in [2.45, 2.75) is 73.5 Å². The summed E-state index contributed by atoms with van der Waals surface area (Å²) in [6, 6.07) is 8.64. The number of hydrogen-bond donors (Lipinski definition) is 7. The SMILES string of the molecule is CCC(C)O.Cc1cc(OC(C)C)ccc1N=C(NO)/C(C(=O)NCCC(C)C)=C(\O)C(=N)c1cccs1.O=CO. The van der Waals surface area contributed by atoms with Crippen molar-refractivity contribution >= 4 is 41.0 Å². The summed E-state index contributed by atoms with van der Waals surface area (Å²) in [5, 5.41) is 48.8. The summed E-state index contributed by atoms with van der Waals surface area (Å²) < 4.78 is 5.69. The quantitative estimate of drug-likeness (QED) is 0.0453. The maximum Gasteiger partial charge on any atom is 0.290 e. The molecule has 12 heteroatoms. The number of nitrogens with zero attached hydrogens (tertiary/aromatic N) is 1. The van der Waals surface area contributed by atoms with E-state index in [1.54, 1.807) is 42.6 Å². The molecule has 0 spiro atoms. The molecular weight excluding hydrogens is 548 g/mol. The number of carboxylic acid groups (broad SMARTS) is 1. The fourth-order valence-corrected chi connectivity index (χ4v) is 3.58. The van der Waals surface area contributed by atoms with Crippen LogP contribution in [0.1, 0.15) is 64.8 Å². The lowest BCUT2D eigenvalue weighted by Crippen LogP contribution is -2.36. The van der Waals surface area contributed by atoms with Crippen molar-refractivity contribution in [1.29, 1.82) is 5.41 Å². The smallest absolute Gasteiger partial charge is 0.290 e. The van der Waals surface area contributed by atoms with Gasteiger partial charge in [-0.15, -0.1) is 11.3 Å². The zero-order chi connectivity index (χ0) is 31.5. The molecule has 1 atom stereocenters. The number of amidine groups is 1. The van der Waals surface area contributed by atoms with Gasteiger partial charge in [-0.25, -0.2) is 4.99 Å². The molecule has 1 aromatic carbocycles. The van der Waals surface area contributed by atoms with Crippen LogP contribution >= 0.6 is 11.3 Å². The summed E-state index contributed by atoms with van der Waals surface area (Å²) in [6.07, 6.45) is 1.49. The predicted octanol–water partition coefficient (Wildman–Crippen LogP) is 5.37. The topological polar surface area (TPSA) is 185 Å². The zero-order valence-electron chi connectivity index (χ0n) is 24.8. The number of thiophene rings is 1. The van der Waals surface area contributed by atoms with Crippen molar-refractivity contribution in [2.24, 2.45) is 10.9 Å². The number of carbonyl (C=O) groups excluding carboxylic acids is 1. The monoisotopic (exact) mass is 592 g/mol. The van der Waals surface area contributed by atoms with Gasteiger partial charge in [-0.2, -0.15) is 0 Å². The molecule has 0 saturated carbocycles. The van der Waals surface area contributed by atoms with Crippen LogP contribution in [0.5, 0.6) is 5.75 Å². The second kappa shape index (κ2) is 20.2. The first-order chi connectivity index (χ1) is 19.3.